The van der Waals surface area contributed by atoms with Crippen molar-refractivity contribution in [2.24, 2.45) is 22.6 Å². The molecule has 3 aliphatic rings. The number of carbonyl (C=O) groups excluding carboxylic acids is 2. The number of nitrogens with two attached hydrogens (primary N) is 1. The number of rotatable bonds is 5. The maximum absolute atomic E-state index is 13.5. The standard InChI is InChI=1S/C29H33N5O3/c1-28(2)15-24(35)34(27(31)33-28)25(18-11-9-17(16-30)10-12-18)20-13-21(20)26(36)32-22-14-29(3,4)37-23-8-6-5-7-19(22)23/h5-12,20-22,25H,13-15H2,1-4H3,(H2,31,33)(H,32,36)/t20-,21-,22-,25?/m1/s1. The van der Waals surface area contributed by atoms with E-state index in [4.69, 9.17) is 10.5 Å². The molecule has 0 bridgehead atoms. The number of para-hydroxylation sites is 1. The van der Waals surface area contributed by atoms with E-state index < -0.39 is 17.2 Å². The van der Waals surface area contributed by atoms with Crippen LogP contribution in [0.15, 0.2) is 53.5 Å². The van der Waals surface area contributed by atoms with Crippen LogP contribution in [-0.4, -0.2) is 33.8 Å². The first-order valence-corrected chi connectivity index (χ1v) is 12.7. The Balaban J connectivity index is 1.41. The van der Waals surface area contributed by atoms with E-state index in [-0.39, 0.29) is 42.1 Å². The van der Waals surface area contributed by atoms with Gasteiger partial charge in [0.05, 0.1) is 35.7 Å². The molecule has 2 aromatic rings. The fourth-order valence-electron chi connectivity index (χ4n) is 5.70. The average Bonchev–Trinajstić information content (AvgIpc) is 3.61. The lowest BCUT2D eigenvalue weighted by atomic mass is 9.89. The topological polar surface area (TPSA) is 121 Å². The van der Waals surface area contributed by atoms with Gasteiger partial charge in [-0.25, -0.2) is 4.99 Å². The highest BCUT2D eigenvalue weighted by Gasteiger charge is 2.53. The summed E-state index contributed by atoms with van der Waals surface area (Å²) in [5.41, 5.74) is 7.71. The predicted octanol–water partition coefficient (Wildman–Crippen LogP) is 3.98. The number of hydrogen-bond acceptors (Lipinski definition) is 6. The molecule has 37 heavy (non-hydrogen) atoms. The first-order chi connectivity index (χ1) is 17.5. The van der Waals surface area contributed by atoms with Gasteiger partial charge in [-0.2, -0.15) is 5.26 Å². The Bertz CT molecular complexity index is 1310. The van der Waals surface area contributed by atoms with Crippen LogP contribution in [0, 0.1) is 23.2 Å². The summed E-state index contributed by atoms with van der Waals surface area (Å²) in [6.45, 7) is 7.81. The monoisotopic (exact) mass is 499 g/mol. The maximum atomic E-state index is 13.5. The van der Waals surface area contributed by atoms with Crippen molar-refractivity contribution in [2.75, 3.05) is 0 Å². The van der Waals surface area contributed by atoms with Gasteiger partial charge in [0.1, 0.15) is 11.4 Å². The quantitative estimate of drug-likeness (QED) is 0.645. The van der Waals surface area contributed by atoms with Gasteiger partial charge in [0, 0.05) is 17.9 Å². The van der Waals surface area contributed by atoms with Gasteiger partial charge in [0.2, 0.25) is 11.8 Å². The molecular weight excluding hydrogens is 466 g/mol. The molecule has 5 rings (SSSR count). The molecule has 1 unspecified atom stereocenters. The number of fused-ring (bicyclic) bond motifs is 1. The van der Waals surface area contributed by atoms with E-state index >= 15 is 0 Å². The van der Waals surface area contributed by atoms with E-state index in [1.807, 2.05) is 64.1 Å². The second-order valence-corrected chi connectivity index (χ2v) is 11.6. The second kappa shape index (κ2) is 8.91. The van der Waals surface area contributed by atoms with Crippen LogP contribution in [-0.2, 0) is 9.59 Å². The summed E-state index contributed by atoms with van der Waals surface area (Å²) >= 11 is 0. The Morgan fingerprint density at radius 2 is 1.89 bits per heavy atom. The zero-order chi connectivity index (χ0) is 26.5. The van der Waals surface area contributed by atoms with Crippen LogP contribution in [0.2, 0.25) is 0 Å². The summed E-state index contributed by atoms with van der Waals surface area (Å²) in [6.07, 6.45) is 1.52. The highest BCUT2D eigenvalue weighted by Crippen LogP contribution is 2.51. The van der Waals surface area contributed by atoms with Gasteiger partial charge in [-0.1, -0.05) is 30.3 Å². The number of nitrogens with one attached hydrogen (secondary N) is 1. The molecule has 0 saturated heterocycles. The fraction of sp³-hybridized carbons (Fsp3) is 0.448. The molecule has 1 saturated carbocycles. The van der Waals surface area contributed by atoms with Crippen molar-refractivity contribution in [1.29, 1.82) is 5.26 Å². The third-order valence-corrected chi connectivity index (χ3v) is 7.45. The van der Waals surface area contributed by atoms with Crippen LogP contribution >= 0.6 is 0 Å². The summed E-state index contributed by atoms with van der Waals surface area (Å²) in [4.78, 5) is 32.9. The van der Waals surface area contributed by atoms with Crippen LogP contribution < -0.4 is 15.8 Å². The number of ether oxygens (including phenoxy) is 1. The molecule has 0 radical (unpaired) electrons. The number of nitriles is 1. The molecule has 1 aliphatic carbocycles. The molecule has 192 valence electrons. The van der Waals surface area contributed by atoms with Crippen LogP contribution in [0.4, 0.5) is 0 Å². The molecular formula is C29H33N5O3. The predicted molar refractivity (Wildman–Crippen MR) is 139 cm³/mol. The van der Waals surface area contributed by atoms with Crippen LogP contribution in [0.25, 0.3) is 0 Å². The van der Waals surface area contributed by atoms with Gasteiger partial charge < -0.3 is 15.8 Å². The average molecular weight is 500 g/mol. The zero-order valence-corrected chi connectivity index (χ0v) is 21.7. The number of nitrogens with zero attached hydrogens (tertiary/aromatic N) is 3. The molecule has 8 heteroatoms. The van der Waals surface area contributed by atoms with Gasteiger partial charge in [0.15, 0.2) is 5.96 Å². The van der Waals surface area contributed by atoms with E-state index in [9.17, 15) is 14.9 Å². The Morgan fingerprint density at radius 1 is 1.19 bits per heavy atom. The first-order valence-electron chi connectivity index (χ1n) is 12.7. The molecule has 4 atom stereocenters. The van der Waals surface area contributed by atoms with E-state index in [1.54, 1.807) is 17.0 Å². The Kier molecular flexibility index (Phi) is 5.98. The molecule has 3 N–H and O–H groups in total. The SMILES string of the molecule is CC1(C)CC(=O)N(C(c2ccc(C#N)cc2)[C@@H]2C[C@H]2C(=O)N[C@@H]2CC(C)(C)Oc3ccccc32)C(N)=N1. The first kappa shape index (κ1) is 24.8. The summed E-state index contributed by atoms with van der Waals surface area (Å²) in [5.74, 6) is 0.419. The van der Waals surface area contributed by atoms with Crippen molar-refractivity contribution in [3.8, 4) is 11.8 Å². The Morgan fingerprint density at radius 3 is 2.57 bits per heavy atom. The molecule has 2 aliphatic heterocycles. The van der Waals surface area contributed by atoms with Gasteiger partial charge in [-0.05, 0) is 63.8 Å². The number of aliphatic imine (C=N–C) groups is 1. The van der Waals surface area contributed by atoms with Crippen molar-refractivity contribution in [3.63, 3.8) is 0 Å². The van der Waals surface area contributed by atoms with Gasteiger partial charge in [0.25, 0.3) is 0 Å². The van der Waals surface area contributed by atoms with E-state index in [2.05, 4.69) is 16.4 Å². The maximum Gasteiger partial charge on any atom is 0.232 e. The van der Waals surface area contributed by atoms with Crippen molar-refractivity contribution in [2.45, 2.75) is 70.2 Å². The summed E-state index contributed by atoms with van der Waals surface area (Å²) in [6, 6.07) is 16.5. The van der Waals surface area contributed by atoms with Crippen LogP contribution in [0.5, 0.6) is 5.75 Å². The summed E-state index contributed by atoms with van der Waals surface area (Å²) < 4.78 is 6.12. The number of hydrogen-bond donors (Lipinski definition) is 2. The van der Waals surface area contributed by atoms with Gasteiger partial charge in [-0.3, -0.25) is 14.5 Å². The molecule has 1 fully saturated rings. The van der Waals surface area contributed by atoms with Crippen molar-refractivity contribution in [3.05, 3.63) is 65.2 Å². The second-order valence-electron chi connectivity index (χ2n) is 11.6. The summed E-state index contributed by atoms with van der Waals surface area (Å²) in [7, 11) is 0. The van der Waals surface area contributed by atoms with Crippen LogP contribution in [0.3, 0.4) is 0 Å². The molecule has 2 amide bonds. The molecule has 0 spiro atoms. The number of guanidine groups is 1. The lowest BCUT2D eigenvalue weighted by molar-refractivity contribution is -0.132. The van der Waals surface area contributed by atoms with Crippen molar-refractivity contribution < 1.29 is 14.3 Å². The lowest BCUT2D eigenvalue weighted by Gasteiger charge is -2.39. The van der Waals surface area contributed by atoms with E-state index in [0.29, 0.717) is 18.4 Å². The molecule has 0 aromatic heterocycles. The highest BCUT2D eigenvalue weighted by atomic mass is 16.5. The smallest absolute Gasteiger partial charge is 0.232 e. The third-order valence-electron chi connectivity index (χ3n) is 7.45. The van der Waals surface area contributed by atoms with Crippen molar-refractivity contribution in [1.82, 2.24) is 10.2 Å². The minimum Gasteiger partial charge on any atom is -0.487 e. The van der Waals surface area contributed by atoms with Gasteiger partial charge >= 0.3 is 0 Å². The molecule has 8 nitrogen and oxygen atoms in total. The molecule has 2 heterocycles. The normalized spacial score (nSPS) is 26.1. The van der Waals surface area contributed by atoms with E-state index in [0.717, 1.165) is 16.9 Å². The van der Waals surface area contributed by atoms with Crippen LogP contribution in [0.1, 0.15) is 75.7 Å². The third kappa shape index (κ3) is 4.91. The number of amides is 2. The fourth-order valence-corrected chi connectivity index (χ4v) is 5.70. The number of carbonyl (C=O) groups is 2. The summed E-state index contributed by atoms with van der Waals surface area (Å²) in [5, 5.41) is 12.5. The van der Waals surface area contributed by atoms with Crippen molar-refractivity contribution >= 4 is 17.8 Å². The Labute approximate surface area is 217 Å². The minimum absolute atomic E-state index is 0.0403. The Hall–Kier alpha value is -3.86. The minimum atomic E-state index is -0.573. The number of benzene rings is 2. The lowest BCUT2D eigenvalue weighted by Crippen LogP contribution is -2.52. The van der Waals surface area contributed by atoms with Gasteiger partial charge in [-0.15, -0.1) is 0 Å². The highest BCUT2D eigenvalue weighted by molar-refractivity contribution is 5.99. The largest absolute Gasteiger partial charge is 0.487 e. The molecule has 2 aromatic carbocycles. The van der Waals surface area contributed by atoms with E-state index in [1.165, 1.54) is 0 Å². The zero-order valence-electron chi connectivity index (χ0n) is 21.7.